The molecule has 12 nitrogen and oxygen atoms in total. The smallest absolute Gasteiger partial charge is 0.426 e. The van der Waals surface area contributed by atoms with E-state index in [0.717, 1.165) is 7.11 Å². The molecule has 3 heterocycles. The summed E-state index contributed by atoms with van der Waals surface area (Å²) in [5.41, 5.74) is -8.48. The van der Waals surface area contributed by atoms with Gasteiger partial charge in [0.1, 0.15) is 18.1 Å². The average molecular weight is 689 g/mol. The third-order valence-corrected chi connectivity index (χ3v) is 6.59. The summed E-state index contributed by atoms with van der Waals surface area (Å²) >= 11 is 0. The Labute approximate surface area is 269 Å². The second-order valence-electron chi connectivity index (χ2n) is 11.3. The Balaban J connectivity index is 1.83. The van der Waals surface area contributed by atoms with Crippen LogP contribution in [0.15, 0.2) is 53.3 Å². The molecule has 4 rings (SSSR count). The third-order valence-electron chi connectivity index (χ3n) is 6.59. The molecule has 2 aromatic heterocycles. The zero-order chi connectivity index (χ0) is 35.3. The summed E-state index contributed by atoms with van der Waals surface area (Å²) < 4.78 is 118. The first-order valence-electron chi connectivity index (χ1n) is 14.2. The van der Waals surface area contributed by atoms with Crippen molar-refractivity contribution in [3.05, 3.63) is 71.6 Å². The van der Waals surface area contributed by atoms with Gasteiger partial charge in [-0.25, -0.2) is 14.6 Å². The first kappa shape index (κ1) is 36.0. The minimum atomic E-state index is -5.20. The summed E-state index contributed by atoms with van der Waals surface area (Å²) in [6.07, 6.45) is -11.0. The molecule has 0 fully saturated rings. The maximum absolute atomic E-state index is 15.1. The number of aromatic nitrogens is 3. The van der Waals surface area contributed by atoms with E-state index in [-0.39, 0.29) is 12.8 Å². The number of nitrogens with zero attached hydrogens (tertiary/aromatic N) is 3. The fourth-order valence-corrected chi connectivity index (χ4v) is 4.43. The zero-order valence-corrected chi connectivity index (χ0v) is 25.9. The lowest BCUT2D eigenvalue weighted by Crippen LogP contribution is -2.45. The first-order chi connectivity index (χ1) is 22.4. The Hall–Kier alpha value is -4.87. The molecule has 0 saturated carbocycles. The highest BCUT2D eigenvalue weighted by Crippen LogP contribution is 2.47. The maximum atomic E-state index is 15.1. The Morgan fingerprint density at radius 1 is 0.979 bits per heavy atom. The number of esters is 1. The largest absolute Gasteiger partial charge is 0.464 e. The molecule has 18 heteroatoms. The Morgan fingerprint density at radius 3 is 2.23 bits per heavy atom. The van der Waals surface area contributed by atoms with Gasteiger partial charge in [-0.2, -0.15) is 26.3 Å². The number of carbonyl (C=O) groups is 2. The number of nitrogens with one attached hydrogen (secondary N) is 1. The van der Waals surface area contributed by atoms with Crippen LogP contribution in [0.2, 0.25) is 0 Å². The monoisotopic (exact) mass is 688 g/mol. The summed E-state index contributed by atoms with van der Waals surface area (Å²) in [5.74, 6) is -3.57. The van der Waals surface area contributed by atoms with Crippen LogP contribution in [0, 0.1) is 0 Å². The number of hydrogen-bond acceptors (Lipinski definition) is 11. The van der Waals surface area contributed by atoms with Crippen molar-refractivity contribution in [1.82, 2.24) is 15.2 Å². The number of pyridine rings is 1. The van der Waals surface area contributed by atoms with Crippen LogP contribution in [0.3, 0.4) is 0 Å². The summed E-state index contributed by atoms with van der Waals surface area (Å²) in [5, 5.41) is 9.27. The van der Waals surface area contributed by atoms with E-state index < -0.39 is 89.4 Å². The predicted molar refractivity (Wildman–Crippen MR) is 152 cm³/mol. The van der Waals surface area contributed by atoms with E-state index in [2.05, 4.69) is 25.2 Å². The molecule has 1 amide bonds. The Morgan fingerprint density at radius 2 is 1.65 bits per heavy atom. The van der Waals surface area contributed by atoms with Crippen molar-refractivity contribution in [2.75, 3.05) is 12.4 Å². The van der Waals surface area contributed by atoms with Gasteiger partial charge in [-0.15, -0.1) is 10.2 Å². The number of benzene rings is 1. The van der Waals surface area contributed by atoms with Crippen molar-refractivity contribution in [2.45, 2.75) is 76.5 Å². The van der Waals surface area contributed by atoms with Gasteiger partial charge in [0.05, 0.1) is 25.0 Å². The van der Waals surface area contributed by atoms with Crippen molar-refractivity contribution < 1.29 is 64.0 Å². The number of amides is 1. The molecule has 1 N–H and O–H groups in total. The lowest BCUT2D eigenvalue weighted by molar-refractivity contribution is -0.300. The number of anilines is 1. The van der Waals surface area contributed by atoms with Crippen LogP contribution in [0.5, 0.6) is 0 Å². The van der Waals surface area contributed by atoms with Crippen LogP contribution in [-0.2, 0) is 42.1 Å². The van der Waals surface area contributed by atoms with Crippen molar-refractivity contribution in [1.29, 1.82) is 0 Å². The SMILES string of the molecule is COC(=O)c1nc(-c2nnc(C(CCCC3OC=CO3)(OCc3ccccc3)C(F)(F)F)o2)c(NC(=O)OC(C)(C)C)cc1C(F)(F)F. The molecule has 1 atom stereocenters. The van der Waals surface area contributed by atoms with Gasteiger partial charge in [-0.05, 0) is 45.2 Å². The number of methoxy groups -OCH3 is 1. The molecule has 1 aromatic carbocycles. The molecule has 0 bridgehead atoms. The fourth-order valence-electron chi connectivity index (χ4n) is 4.43. The van der Waals surface area contributed by atoms with Crippen molar-refractivity contribution in [2.24, 2.45) is 0 Å². The van der Waals surface area contributed by atoms with Gasteiger partial charge in [0.25, 0.3) is 11.8 Å². The summed E-state index contributed by atoms with van der Waals surface area (Å²) in [6, 6.07) is 8.22. The number of rotatable bonds is 11. The topological polar surface area (TPSA) is 144 Å². The lowest BCUT2D eigenvalue weighted by Gasteiger charge is -2.32. The highest BCUT2D eigenvalue weighted by molar-refractivity contribution is 5.94. The van der Waals surface area contributed by atoms with Crippen molar-refractivity contribution in [3.8, 4) is 11.6 Å². The molecule has 3 aromatic rings. The molecule has 1 aliphatic rings. The second-order valence-corrected chi connectivity index (χ2v) is 11.3. The number of alkyl halides is 6. The average Bonchev–Trinajstić information content (AvgIpc) is 3.70. The number of ether oxygens (including phenoxy) is 5. The molecule has 48 heavy (non-hydrogen) atoms. The molecule has 0 spiro atoms. The molecular formula is C30H30F6N4O8. The van der Waals surface area contributed by atoms with E-state index in [1.807, 2.05) is 0 Å². The van der Waals surface area contributed by atoms with Gasteiger partial charge in [-0.1, -0.05) is 30.3 Å². The van der Waals surface area contributed by atoms with E-state index in [0.29, 0.717) is 11.6 Å². The standard InChI is InChI=1S/C30H30F6N4O8/c1-27(2,3)48-26(42)37-19-15-18(29(31,32)33)21(24(41)43-4)38-22(19)23-39-40-25(47-23)28(30(34,35)36,12-8-11-20-44-13-14-45-20)46-16-17-9-6-5-7-10-17/h5-7,9-10,13-15,20H,8,11-12,16H2,1-4H3,(H,37,42). The van der Waals surface area contributed by atoms with Crippen LogP contribution < -0.4 is 5.32 Å². The minimum Gasteiger partial charge on any atom is -0.464 e. The maximum Gasteiger partial charge on any atom is 0.426 e. The fraction of sp³-hybridized carbons (Fsp3) is 0.433. The molecule has 0 saturated heterocycles. The van der Waals surface area contributed by atoms with Gasteiger partial charge in [0, 0.05) is 6.42 Å². The quantitative estimate of drug-likeness (QED) is 0.160. The van der Waals surface area contributed by atoms with Crippen molar-refractivity contribution in [3.63, 3.8) is 0 Å². The van der Waals surface area contributed by atoms with Crippen molar-refractivity contribution >= 4 is 17.7 Å². The van der Waals surface area contributed by atoms with Crippen LogP contribution >= 0.6 is 0 Å². The molecule has 1 unspecified atom stereocenters. The van der Waals surface area contributed by atoms with E-state index >= 15 is 13.2 Å². The lowest BCUT2D eigenvalue weighted by atomic mass is 9.94. The van der Waals surface area contributed by atoms with Gasteiger partial charge < -0.3 is 28.1 Å². The number of halogens is 6. The van der Waals surface area contributed by atoms with Gasteiger partial charge in [-0.3, -0.25) is 5.32 Å². The summed E-state index contributed by atoms with van der Waals surface area (Å²) in [6.45, 7) is 3.87. The van der Waals surface area contributed by atoms with Crippen LogP contribution in [0.25, 0.3) is 11.6 Å². The third kappa shape index (κ3) is 8.53. The molecule has 260 valence electrons. The van der Waals surface area contributed by atoms with Crippen LogP contribution in [-0.4, -0.2) is 52.4 Å². The Bertz CT molecular complexity index is 1610. The normalized spacial score (nSPS) is 15.0. The number of carbonyl (C=O) groups excluding carboxylic acids is 2. The Kier molecular flexibility index (Phi) is 10.6. The van der Waals surface area contributed by atoms with Gasteiger partial charge in [0.15, 0.2) is 11.4 Å². The molecule has 0 aliphatic carbocycles. The van der Waals surface area contributed by atoms with E-state index in [1.165, 1.54) is 45.4 Å². The van der Waals surface area contributed by atoms with E-state index in [1.54, 1.807) is 18.2 Å². The van der Waals surface area contributed by atoms with Crippen LogP contribution in [0.4, 0.5) is 36.8 Å². The highest BCUT2D eigenvalue weighted by Gasteiger charge is 2.61. The second kappa shape index (κ2) is 14.1. The summed E-state index contributed by atoms with van der Waals surface area (Å²) in [7, 11) is 0.793. The predicted octanol–water partition coefficient (Wildman–Crippen LogP) is 7.27. The molecule has 1 aliphatic heterocycles. The molecule has 0 radical (unpaired) electrons. The molecular weight excluding hydrogens is 658 g/mol. The van der Waals surface area contributed by atoms with Crippen LogP contribution in [0.1, 0.15) is 67.5 Å². The van der Waals surface area contributed by atoms with E-state index in [9.17, 15) is 22.8 Å². The zero-order valence-electron chi connectivity index (χ0n) is 25.9. The minimum absolute atomic E-state index is 0.00652. The van der Waals surface area contributed by atoms with E-state index in [4.69, 9.17) is 23.4 Å². The number of hydrogen-bond donors (Lipinski definition) is 1. The van der Waals surface area contributed by atoms with Gasteiger partial charge >= 0.3 is 24.4 Å². The first-order valence-corrected chi connectivity index (χ1v) is 14.2. The highest BCUT2D eigenvalue weighted by atomic mass is 19.4. The van der Waals surface area contributed by atoms with Gasteiger partial charge in [0.2, 0.25) is 11.9 Å². The summed E-state index contributed by atoms with van der Waals surface area (Å²) in [4.78, 5) is 28.6.